The van der Waals surface area contributed by atoms with Crippen molar-refractivity contribution in [2.24, 2.45) is 0 Å². The van der Waals surface area contributed by atoms with Gasteiger partial charge in [0.15, 0.2) is 6.29 Å². The van der Waals surface area contributed by atoms with Crippen LogP contribution in [0.1, 0.15) is 61.9 Å². The highest BCUT2D eigenvalue weighted by Crippen LogP contribution is 2.47. The van der Waals surface area contributed by atoms with Crippen LogP contribution in [0.15, 0.2) is 28.4 Å². The third-order valence-corrected chi connectivity index (χ3v) is 10.7. The highest BCUT2D eigenvalue weighted by molar-refractivity contribution is 9.10. The van der Waals surface area contributed by atoms with E-state index in [-0.39, 0.29) is 11.0 Å². The monoisotopic (exact) mass is 424 g/mol. The van der Waals surface area contributed by atoms with Gasteiger partial charge in [-0.15, -0.1) is 0 Å². The predicted molar refractivity (Wildman–Crippen MR) is 109 cm³/mol. The molecule has 0 aliphatic heterocycles. The molecule has 0 fully saturated rings. The molecule has 0 heterocycles. The highest BCUT2D eigenvalue weighted by Gasteiger charge is 2.41. The van der Waals surface area contributed by atoms with E-state index in [9.17, 15) is 4.79 Å². The Kier molecular flexibility index (Phi) is 6.20. The molecule has 1 aliphatic rings. The smallest absolute Gasteiger partial charge is 0.250 e. The summed E-state index contributed by atoms with van der Waals surface area (Å²) >= 11 is 3.63. The van der Waals surface area contributed by atoms with Crippen molar-refractivity contribution in [2.75, 3.05) is 7.11 Å². The third kappa shape index (κ3) is 4.19. The van der Waals surface area contributed by atoms with Crippen LogP contribution in [0.25, 0.3) is 0 Å². The number of aldehydes is 1. The molecule has 1 atom stereocenters. The van der Waals surface area contributed by atoms with Crippen LogP contribution in [0, 0.1) is 0 Å². The zero-order chi connectivity index (χ0) is 18.8. The summed E-state index contributed by atoms with van der Waals surface area (Å²) in [4.78, 5) is 11.4. The Hall–Kier alpha value is -1.07. The second kappa shape index (κ2) is 7.66. The van der Waals surface area contributed by atoms with Crippen molar-refractivity contribution in [3.05, 3.63) is 39.6 Å². The molecule has 5 heteroatoms. The lowest BCUT2D eigenvalue weighted by molar-refractivity contribution is 0.112. The number of carbonyl (C=O) groups is 1. The van der Waals surface area contributed by atoms with E-state index in [1.54, 1.807) is 13.2 Å². The summed E-state index contributed by atoms with van der Waals surface area (Å²) in [5.74, 6) is 1.96. The molecule has 0 N–H and O–H groups in total. The molecule has 0 aromatic heterocycles. The average molecular weight is 425 g/mol. The van der Waals surface area contributed by atoms with Gasteiger partial charge in [-0.1, -0.05) is 20.8 Å². The Labute approximate surface area is 161 Å². The lowest BCUT2D eigenvalue weighted by Gasteiger charge is -2.40. The molecule has 1 aliphatic carbocycles. The van der Waals surface area contributed by atoms with E-state index in [0.29, 0.717) is 5.56 Å². The Morgan fingerprint density at radius 3 is 2.52 bits per heavy atom. The van der Waals surface area contributed by atoms with E-state index in [1.165, 1.54) is 0 Å². The normalized spacial score (nSPS) is 18.5. The van der Waals surface area contributed by atoms with Crippen molar-refractivity contribution in [3.63, 3.8) is 0 Å². The molecular weight excluding hydrogens is 396 g/mol. The maximum Gasteiger partial charge on any atom is 0.250 e. The zero-order valence-corrected chi connectivity index (χ0v) is 18.7. The van der Waals surface area contributed by atoms with Crippen molar-refractivity contribution in [1.82, 2.24) is 0 Å². The number of allylic oxidation sites excluding steroid dienone is 2. The van der Waals surface area contributed by atoms with Crippen molar-refractivity contribution in [1.29, 1.82) is 0 Å². The minimum absolute atomic E-state index is 0.118. The molecule has 1 unspecified atom stereocenters. The molecule has 0 radical (unpaired) electrons. The van der Waals surface area contributed by atoms with E-state index in [0.717, 1.165) is 47.1 Å². The lowest BCUT2D eigenvalue weighted by atomic mass is 9.86. The predicted octanol–water partition coefficient (Wildman–Crippen LogP) is 6.44. The largest absolute Gasteiger partial charge is 0.546 e. The van der Waals surface area contributed by atoms with Crippen LogP contribution in [-0.2, 0) is 4.43 Å². The number of benzene rings is 1. The number of hydrogen-bond donors (Lipinski definition) is 0. The molecular formula is C20H29BrO3Si. The summed E-state index contributed by atoms with van der Waals surface area (Å²) in [6.45, 7) is 11.3. The molecule has 1 aromatic carbocycles. The maximum absolute atomic E-state index is 11.4. The van der Waals surface area contributed by atoms with E-state index < -0.39 is 8.32 Å². The van der Waals surface area contributed by atoms with Gasteiger partial charge in [0.25, 0.3) is 0 Å². The van der Waals surface area contributed by atoms with Crippen LogP contribution < -0.4 is 4.74 Å². The van der Waals surface area contributed by atoms with Gasteiger partial charge in [0.2, 0.25) is 8.32 Å². The third-order valence-electron chi connectivity index (χ3n) is 5.43. The first kappa shape index (κ1) is 20.2. The van der Waals surface area contributed by atoms with Crippen LogP contribution in [0.2, 0.25) is 18.1 Å². The van der Waals surface area contributed by atoms with Gasteiger partial charge in [-0.2, -0.15) is 0 Å². The molecule has 25 heavy (non-hydrogen) atoms. The fourth-order valence-electron chi connectivity index (χ4n) is 2.88. The Morgan fingerprint density at radius 2 is 1.96 bits per heavy atom. The van der Waals surface area contributed by atoms with Gasteiger partial charge in [-0.25, -0.2) is 0 Å². The summed E-state index contributed by atoms with van der Waals surface area (Å²) in [6, 6.07) is 3.67. The van der Waals surface area contributed by atoms with E-state index >= 15 is 0 Å². The Bertz CT molecular complexity index is 674. The van der Waals surface area contributed by atoms with Crippen LogP contribution in [-0.4, -0.2) is 21.7 Å². The van der Waals surface area contributed by atoms with Gasteiger partial charge in [0, 0.05) is 21.5 Å². The molecule has 0 bridgehead atoms. The summed E-state index contributed by atoms with van der Waals surface area (Å²) in [6.07, 6.45) is 6.25. The standard InChI is InChI=1S/C20H29BrO3Si/c1-20(2,3)25(5,6)24-16-10-8-7-9-15(16)18-17(23-4)12-11-14(13-22)19(18)21/h10-13,15H,7-9H2,1-6H3. The van der Waals surface area contributed by atoms with Gasteiger partial charge in [-0.3, -0.25) is 4.79 Å². The first-order valence-electron chi connectivity index (χ1n) is 8.83. The second-order valence-corrected chi connectivity index (χ2v) is 13.7. The molecule has 0 amide bonds. The highest BCUT2D eigenvalue weighted by atomic mass is 79.9. The number of methoxy groups -OCH3 is 1. The quantitative estimate of drug-likeness (QED) is 0.402. The lowest BCUT2D eigenvalue weighted by Crippen LogP contribution is -2.41. The first-order chi connectivity index (χ1) is 11.6. The number of ether oxygens (including phenoxy) is 1. The number of halogens is 1. The molecule has 138 valence electrons. The molecule has 2 rings (SSSR count). The van der Waals surface area contributed by atoms with Crippen LogP contribution in [0.4, 0.5) is 0 Å². The van der Waals surface area contributed by atoms with E-state index in [2.05, 4.69) is 55.9 Å². The second-order valence-electron chi connectivity index (χ2n) is 8.15. The first-order valence-corrected chi connectivity index (χ1v) is 12.5. The minimum Gasteiger partial charge on any atom is -0.546 e. The topological polar surface area (TPSA) is 35.5 Å². The van der Waals surface area contributed by atoms with Crippen LogP contribution in [0.3, 0.4) is 0 Å². The van der Waals surface area contributed by atoms with Gasteiger partial charge in [0.1, 0.15) is 5.75 Å². The minimum atomic E-state index is -1.93. The molecule has 3 nitrogen and oxygen atoms in total. The van der Waals surface area contributed by atoms with Crippen LogP contribution >= 0.6 is 15.9 Å². The molecule has 0 saturated heterocycles. The summed E-state index contributed by atoms with van der Waals surface area (Å²) in [5, 5.41) is 0.141. The average Bonchev–Trinajstić information content (AvgIpc) is 2.54. The van der Waals surface area contributed by atoms with Crippen molar-refractivity contribution in [3.8, 4) is 5.75 Å². The van der Waals surface area contributed by atoms with Gasteiger partial charge < -0.3 is 9.16 Å². The van der Waals surface area contributed by atoms with Crippen molar-refractivity contribution >= 4 is 30.5 Å². The van der Waals surface area contributed by atoms with Crippen molar-refractivity contribution < 1.29 is 14.0 Å². The SMILES string of the molecule is COc1ccc(C=O)c(Br)c1C1CCCC=C1O[Si](C)(C)C(C)(C)C. The van der Waals surface area contributed by atoms with Gasteiger partial charge in [0.05, 0.1) is 12.9 Å². The van der Waals surface area contributed by atoms with Gasteiger partial charge in [-0.05, 0) is 71.5 Å². The number of carbonyl (C=O) groups excluding carboxylic acids is 1. The Morgan fingerprint density at radius 1 is 1.28 bits per heavy atom. The van der Waals surface area contributed by atoms with E-state index in [1.807, 2.05) is 6.07 Å². The molecule has 1 aromatic rings. The summed E-state index contributed by atoms with van der Waals surface area (Å²) in [5.41, 5.74) is 1.67. The summed E-state index contributed by atoms with van der Waals surface area (Å²) < 4.78 is 13.1. The maximum atomic E-state index is 11.4. The number of rotatable bonds is 5. The fourth-order valence-corrected chi connectivity index (χ4v) is 4.70. The molecule has 0 saturated carbocycles. The van der Waals surface area contributed by atoms with Crippen molar-refractivity contribution in [2.45, 2.75) is 64.1 Å². The molecule has 0 spiro atoms. The zero-order valence-electron chi connectivity index (χ0n) is 16.1. The Balaban J connectivity index is 2.49. The fraction of sp³-hybridized carbons (Fsp3) is 0.550. The van der Waals surface area contributed by atoms with E-state index in [4.69, 9.17) is 9.16 Å². The van der Waals surface area contributed by atoms with Crippen LogP contribution in [0.5, 0.6) is 5.75 Å². The van der Waals surface area contributed by atoms with Gasteiger partial charge >= 0.3 is 0 Å². The summed E-state index contributed by atoms with van der Waals surface area (Å²) in [7, 11) is -0.254. The number of hydrogen-bond acceptors (Lipinski definition) is 3.